The first kappa shape index (κ1) is 16.7. The molecule has 0 bridgehead atoms. The number of nitrogens with zero attached hydrogens (tertiary/aromatic N) is 1. The van der Waals surface area contributed by atoms with Crippen LogP contribution in [0.1, 0.15) is 42.7 Å². The predicted molar refractivity (Wildman–Crippen MR) is 96.0 cm³/mol. The van der Waals surface area contributed by atoms with Crippen molar-refractivity contribution in [2.24, 2.45) is 0 Å². The molecular formula is C17H21N3O3S. The standard InChI is InChI=1S/C17H21N3O3S/c1-4-10(2)20-16-14(17(22)19-20)15(24-9-13(21)18-16)11-7-5-6-8-12(11)23-3/h5-8,10,15H,4,9H2,1-3H3,(H,18,21)(H,19,22)/t10-,15-/m1/s1. The van der Waals surface area contributed by atoms with Gasteiger partial charge < -0.3 is 10.1 Å². The number of anilines is 1. The summed E-state index contributed by atoms with van der Waals surface area (Å²) in [5, 5.41) is 5.52. The Hall–Kier alpha value is -2.15. The lowest BCUT2D eigenvalue weighted by Gasteiger charge is -2.18. The summed E-state index contributed by atoms with van der Waals surface area (Å²) in [5.74, 6) is 1.47. The van der Waals surface area contributed by atoms with E-state index in [1.165, 1.54) is 11.8 Å². The topological polar surface area (TPSA) is 76.1 Å². The predicted octanol–water partition coefficient (Wildman–Crippen LogP) is 2.93. The van der Waals surface area contributed by atoms with Crippen molar-refractivity contribution in [1.29, 1.82) is 0 Å². The molecule has 2 N–H and O–H groups in total. The number of rotatable bonds is 4. The first-order valence-corrected chi connectivity index (χ1v) is 9.00. The first-order chi connectivity index (χ1) is 11.6. The SMILES string of the molecule is CC[C@@H](C)n1[nH]c(=O)c2c1NC(=O)CS[C@@H]2c1ccccc1OC. The highest BCUT2D eigenvalue weighted by Gasteiger charge is 2.32. The number of carbonyl (C=O) groups excluding carboxylic acids is 1. The van der Waals surface area contributed by atoms with Crippen LogP contribution in [0.2, 0.25) is 0 Å². The number of methoxy groups -OCH3 is 1. The summed E-state index contributed by atoms with van der Waals surface area (Å²) in [6.45, 7) is 4.05. The molecule has 0 radical (unpaired) electrons. The minimum atomic E-state index is -0.260. The molecule has 2 heterocycles. The Bertz CT molecular complexity index is 812. The van der Waals surface area contributed by atoms with E-state index in [4.69, 9.17) is 4.74 Å². The number of aromatic nitrogens is 2. The second kappa shape index (κ2) is 6.76. The highest BCUT2D eigenvalue weighted by molar-refractivity contribution is 8.00. The number of hydrogen-bond donors (Lipinski definition) is 2. The van der Waals surface area contributed by atoms with Crippen molar-refractivity contribution in [2.75, 3.05) is 18.2 Å². The van der Waals surface area contributed by atoms with Crippen LogP contribution in [0.25, 0.3) is 0 Å². The Balaban J connectivity index is 2.20. The second-order valence-electron chi connectivity index (χ2n) is 5.81. The van der Waals surface area contributed by atoms with Crippen LogP contribution < -0.4 is 15.6 Å². The van der Waals surface area contributed by atoms with E-state index in [0.29, 0.717) is 17.1 Å². The van der Waals surface area contributed by atoms with Gasteiger partial charge in [-0.1, -0.05) is 25.1 Å². The molecule has 128 valence electrons. The fraction of sp³-hybridized carbons (Fsp3) is 0.412. The Kier molecular flexibility index (Phi) is 4.71. The third-order valence-electron chi connectivity index (χ3n) is 4.32. The van der Waals surface area contributed by atoms with Gasteiger partial charge in [0.1, 0.15) is 11.6 Å². The summed E-state index contributed by atoms with van der Waals surface area (Å²) in [6.07, 6.45) is 0.847. The van der Waals surface area contributed by atoms with Crippen LogP contribution in [-0.2, 0) is 4.79 Å². The molecule has 3 rings (SSSR count). The number of carbonyl (C=O) groups is 1. The molecular weight excluding hydrogens is 326 g/mol. The third kappa shape index (κ3) is 2.84. The number of benzene rings is 1. The lowest BCUT2D eigenvalue weighted by Crippen LogP contribution is -2.18. The minimum absolute atomic E-state index is 0.0863. The molecule has 0 saturated carbocycles. The van der Waals surface area contributed by atoms with E-state index in [1.54, 1.807) is 11.8 Å². The number of hydrogen-bond acceptors (Lipinski definition) is 4. The van der Waals surface area contributed by atoms with Gasteiger partial charge in [0.2, 0.25) is 5.91 Å². The zero-order valence-corrected chi connectivity index (χ0v) is 14.8. The smallest absolute Gasteiger partial charge is 0.270 e. The molecule has 0 aliphatic carbocycles. The van der Waals surface area contributed by atoms with Crippen LogP contribution in [0.15, 0.2) is 29.1 Å². The van der Waals surface area contributed by atoms with Gasteiger partial charge in [-0.25, -0.2) is 0 Å². The molecule has 7 heteroatoms. The van der Waals surface area contributed by atoms with Gasteiger partial charge in [-0.05, 0) is 19.4 Å². The van der Waals surface area contributed by atoms with Crippen molar-refractivity contribution in [1.82, 2.24) is 9.78 Å². The van der Waals surface area contributed by atoms with E-state index in [0.717, 1.165) is 12.0 Å². The maximum absolute atomic E-state index is 12.7. The van der Waals surface area contributed by atoms with Crippen LogP contribution in [0.3, 0.4) is 0 Å². The number of H-pyrrole nitrogens is 1. The second-order valence-corrected chi connectivity index (χ2v) is 6.91. The number of para-hydroxylation sites is 1. The summed E-state index contributed by atoms with van der Waals surface area (Å²) in [6, 6.07) is 7.70. The van der Waals surface area contributed by atoms with Crippen LogP contribution in [0.5, 0.6) is 5.75 Å². The van der Waals surface area contributed by atoms with Crippen LogP contribution >= 0.6 is 11.8 Å². The summed E-state index contributed by atoms with van der Waals surface area (Å²) in [7, 11) is 1.61. The average Bonchev–Trinajstić information content (AvgIpc) is 2.80. The monoisotopic (exact) mass is 347 g/mol. The maximum Gasteiger partial charge on any atom is 0.270 e. The maximum atomic E-state index is 12.7. The molecule has 1 aromatic heterocycles. The van der Waals surface area contributed by atoms with Crippen LogP contribution in [-0.4, -0.2) is 28.6 Å². The van der Waals surface area contributed by atoms with E-state index in [1.807, 2.05) is 38.1 Å². The highest BCUT2D eigenvalue weighted by Crippen LogP contribution is 2.43. The van der Waals surface area contributed by atoms with Crippen LogP contribution in [0.4, 0.5) is 5.82 Å². The lowest BCUT2D eigenvalue weighted by atomic mass is 10.0. The zero-order valence-electron chi connectivity index (χ0n) is 14.0. The van der Waals surface area contributed by atoms with Gasteiger partial charge >= 0.3 is 0 Å². The largest absolute Gasteiger partial charge is 0.496 e. The van der Waals surface area contributed by atoms with E-state index in [2.05, 4.69) is 10.4 Å². The molecule has 0 spiro atoms. The lowest BCUT2D eigenvalue weighted by molar-refractivity contribution is -0.113. The van der Waals surface area contributed by atoms with E-state index < -0.39 is 0 Å². The van der Waals surface area contributed by atoms with Crippen molar-refractivity contribution in [2.45, 2.75) is 31.6 Å². The van der Waals surface area contributed by atoms with E-state index in [-0.39, 0.29) is 28.5 Å². The number of amides is 1. The summed E-state index contributed by atoms with van der Waals surface area (Å²) in [5.41, 5.74) is 1.31. The quantitative estimate of drug-likeness (QED) is 0.892. The molecule has 1 aliphatic rings. The highest BCUT2D eigenvalue weighted by atomic mass is 32.2. The molecule has 0 fully saturated rings. The van der Waals surface area contributed by atoms with E-state index >= 15 is 0 Å². The number of thioether (sulfide) groups is 1. The zero-order chi connectivity index (χ0) is 17.3. The van der Waals surface area contributed by atoms with Gasteiger partial charge in [0.05, 0.1) is 23.7 Å². The number of nitrogens with one attached hydrogen (secondary N) is 2. The summed E-state index contributed by atoms with van der Waals surface area (Å²) >= 11 is 1.44. The van der Waals surface area contributed by atoms with Crippen molar-refractivity contribution < 1.29 is 9.53 Å². The summed E-state index contributed by atoms with van der Waals surface area (Å²) in [4.78, 5) is 24.8. The average molecular weight is 347 g/mol. The van der Waals surface area contributed by atoms with Gasteiger partial charge in [-0.2, -0.15) is 0 Å². The summed E-state index contributed by atoms with van der Waals surface area (Å²) < 4.78 is 7.23. The van der Waals surface area contributed by atoms with Crippen LogP contribution in [0, 0.1) is 0 Å². The fourth-order valence-electron chi connectivity index (χ4n) is 2.89. The molecule has 24 heavy (non-hydrogen) atoms. The molecule has 1 aromatic carbocycles. The van der Waals surface area contributed by atoms with Gasteiger partial charge in [0.25, 0.3) is 5.56 Å². The fourth-order valence-corrected chi connectivity index (χ4v) is 4.04. The van der Waals surface area contributed by atoms with Crippen molar-refractivity contribution in [3.63, 3.8) is 0 Å². The van der Waals surface area contributed by atoms with E-state index in [9.17, 15) is 9.59 Å². The van der Waals surface area contributed by atoms with Crippen molar-refractivity contribution in [3.05, 3.63) is 45.7 Å². The normalized spacial score (nSPS) is 18.5. The third-order valence-corrected chi connectivity index (χ3v) is 5.57. The molecule has 1 amide bonds. The number of ether oxygens (including phenoxy) is 1. The number of aromatic amines is 1. The van der Waals surface area contributed by atoms with Crippen molar-refractivity contribution >= 4 is 23.5 Å². The Morgan fingerprint density at radius 2 is 2.12 bits per heavy atom. The molecule has 1 aliphatic heterocycles. The molecule has 6 nitrogen and oxygen atoms in total. The Labute approximate surface area is 144 Å². The molecule has 2 atom stereocenters. The molecule has 0 unspecified atom stereocenters. The van der Waals surface area contributed by atoms with Gasteiger partial charge in [0.15, 0.2) is 0 Å². The minimum Gasteiger partial charge on any atom is -0.496 e. The van der Waals surface area contributed by atoms with Gasteiger partial charge in [0, 0.05) is 11.6 Å². The van der Waals surface area contributed by atoms with Gasteiger partial charge in [-0.3, -0.25) is 19.4 Å². The molecule has 0 saturated heterocycles. The number of fused-ring (bicyclic) bond motifs is 1. The van der Waals surface area contributed by atoms with Gasteiger partial charge in [-0.15, -0.1) is 11.8 Å². The Morgan fingerprint density at radius 3 is 2.83 bits per heavy atom. The van der Waals surface area contributed by atoms with Crippen molar-refractivity contribution in [3.8, 4) is 5.75 Å². The Morgan fingerprint density at radius 1 is 1.38 bits per heavy atom. The molecule has 2 aromatic rings. The first-order valence-electron chi connectivity index (χ1n) is 7.95.